The van der Waals surface area contributed by atoms with E-state index >= 15 is 0 Å². The minimum Gasteiger partial charge on any atom is -0.277 e. The molecule has 4 atom stereocenters. The molecule has 0 aromatic rings. The monoisotopic (exact) mass is 388 g/mol. The van der Waals surface area contributed by atoms with Crippen molar-refractivity contribution >= 4 is 23.6 Å². The Morgan fingerprint density at radius 2 is 0.750 bits per heavy atom. The van der Waals surface area contributed by atoms with Gasteiger partial charge in [-0.25, -0.2) is 0 Å². The largest absolute Gasteiger partial charge is 0.277 e. The molecule has 4 rings (SSSR count). The van der Waals surface area contributed by atoms with E-state index in [4.69, 9.17) is 0 Å². The predicted octanol–water partition coefficient (Wildman–Crippen LogP) is 2.61. The zero-order chi connectivity index (χ0) is 20.8. The first-order valence-electron chi connectivity index (χ1n) is 10.6. The number of hydrogen-bond donors (Lipinski definition) is 0. The zero-order valence-corrected chi connectivity index (χ0v) is 17.8. The molecule has 0 aromatic heterocycles. The summed E-state index contributed by atoms with van der Waals surface area (Å²) in [7, 11) is 0. The molecule has 28 heavy (non-hydrogen) atoms. The fourth-order valence-electron chi connectivity index (χ4n) is 6.22. The van der Waals surface area contributed by atoms with E-state index in [1.165, 1.54) is 9.80 Å². The lowest BCUT2D eigenvalue weighted by Crippen LogP contribution is -2.47. The maximum atomic E-state index is 12.8. The van der Waals surface area contributed by atoms with Crippen molar-refractivity contribution in [2.45, 2.75) is 78.3 Å². The van der Waals surface area contributed by atoms with E-state index < -0.39 is 11.1 Å². The quantitative estimate of drug-likeness (QED) is 0.647. The number of amides is 4. The van der Waals surface area contributed by atoms with E-state index in [1.807, 2.05) is 41.5 Å². The molecular formula is C22H32N2O4. The third kappa shape index (κ3) is 2.66. The first-order valence-corrected chi connectivity index (χ1v) is 10.6. The molecule has 0 bridgehead atoms. The first-order chi connectivity index (χ1) is 12.8. The maximum absolute atomic E-state index is 12.8. The third-order valence-electron chi connectivity index (χ3n) is 7.36. The van der Waals surface area contributed by atoms with Crippen LogP contribution in [0.1, 0.15) is 67.2 Å². The number of hydrogen-bond acceptors (Lipinski definition) is 4. The van der Waals surface area contributed by atoms with Crippen LogP contribution in [0.25, 0.3) is 0 Å². The second kappa shape index (κ2) is 5.90. The van der Waals surface area contributed by atoms with Crippen molar-refractivity contribution in [1.82, 2.24) is 9.80 Å². The van der Waals surface area contributed by atoms with Gasteiger partial charge in [0.05, 0.1) is 23.7 Å². The number of nitrogens with zero attached hydrogens (tertiary/aromatic N) is 2. The Kier molecular flexibility index (Phi) is 4.12. The minimum absolute atomic E-state index is 0.0331. The number of carbonyl (C=O) groups is 4. The van der Waals surface area contributed by atoms with Crippen molar-refractivity contribution < 1.29 is 19.2 Å². The molecule has 4 aliphatic rings. The Labute approximate surface area is 167 Å². The molecule has 154 valence electrons. The van der Waals surface area contributed by atoms with Crippen molar-refractivity contribution in [2.75, 3.05) is 0 Å². The van der Waals surface area contributed by atoms with Crippen molar-refractivity contribution in [2.24, 2.45) is 35.5 Å². The van der Waals surface area contributed by atoms with Crippen molar-refractivity contribution in [3.63, 3.8) is 0 Å². The first kappa shape index (κ1) is 19.6. The van der Waals surface area contributed by atoms with Crippen LogP contribution in [0.5, 0.6) is 0 Å². The van der Waals surface area contributed by atoms with E-state index in [0.717, 1.165) is 25.7 Å². The van der Waals surface area contributed by atoms with Gasteiger partial charge in [-0.15, -0.1) is 0 Å². The molecule has 6 nitrogen and oxygen atoms in total. The van der Waals surface area contributed by atoms with Gasteiger partial charge < -0.3 is 0 Å². The maximum Gasteiger partial charge on any atom is 0.233 e. The van der Waals surface area contributed by atoms with E-state index in [2.05, 4.69) is 0 Å². The van der Waals surface area contributed by atoms with E-state index in [0.29, 0.717) is 0 Å². The Morgan fingerprint density at radius 1 is 0.536 bits per heavy atom. The smallest absolute Gasteiger partial charge is 0.233 e. The van der Waals surface area contributed by atoms with Gasteiger partial charge in [0, 0.05) is 11.1 Å². The molecule has 2 saturated heterocycles. The molecule has 4 unspecified atom stereocenters. The van der Waals surface area contributed by atoms with Crippen LogP contribution in [0.3, 0.4) is 0 Å². The van der Waals surface area contributed by atoms with Crippen LogP contribution < -0.4 is 0 Å². The number of likely N-dealkylation sites (tertiary alicyclic amines) is 2. The highest BCUT2D eigenvalue weighted by Gasteiger charge is 2.60. The van der Waals surface area contributed by atoms with Crippen LogP contribution in [0.2, 0.25) is 0 Å². The van der Waals surface area contributed by atoms with Gasteiger partial charge in [0.25, 0.3) is 0 Å². The zero-order valence-electron chi connectivity index (χ0n) is 17.8. The van der Waals surface area contributed by atoms with Gasteiger partial charge in [-0.05, 0) is 79.1 Å². The van der Waals surface area contributed by atoms with Crippen molar-refractivity contribution in [1.29, 1.82) is 0 Å². The summed E-state index contributed by atoms with van der Waals surface area (Å²) in [5.41, 5.74) is -0.957. The van der Waals surface area contributed by atoms with Crippen LogP contribution in [-0.4, -0.2) is 44.5 Å². The van der Waals surface area contributed by atoms with Crippen LogP contribution in [0.4, 0.5) is 0 Å². The summed E-state index contributed by atoms with van der Waals surface area (Å²) < 4.78 is 0. The lowest BCUT2D eigenvalue weighted by molar-refractivity contribution is -0.148. The summed E-state index contributed by atoms with van der Waals surface area (Å²) in [6.07, 6.45) is 2.88. The number of rotatable bonds is 1. The SMILES string of the molecule is CC(C)(C)N1C(=O)C2CC(C3CC4C(=O)N(C(C)(C)C)C(=O)C4C3)CC2C1=O. The van der Waals surface area contributed by atoms with E-state index in [9.17, 15) is 19.2 Å². The highest BCUT2D eigenvalue weighted by atomic mass is 16.2. The highest BCUT2D eigenvalue weighted by molar-refractivity contribution is 6.07. The number of imide groups is 2. The number of fused-ring (bicyclic) bond motifs is 2. The summed E-state index contributed by atoms with van der Waals surface area (Å²) in [6, 6.07) is 0. The van der Waals surface area contributed by atoms with E-state index in [1.54, 1.807) is 0 Å². The van der Waals surface area contributed by atoms with Gasteiger partial charge in [-0.2, -0.15) is 0 Å². The molecule has 0 N–H and O–H groups in total. The Hall–Kier alpha value is -1.72. The number of carbonyl (C=O) groups excluding carboxylic acids is 4. The average Bonchev–Trinajstić information content (AvgIpc) is 3.23. The van der Waals surface area contributed by atoms with Gasteiger partial charge in [0.1, 0.15) is 0 Å². The summed E-state index contributed by atoms with van der Waals surface area (Å²) in [5.74, 6) is -0.459. The fraction of sp³-hybridized carbons (Fsp3) is 0.818. The van der Waals surface area contributed by atoms with Crippen molar-refractivity contribution in [3.05, 3.63) is 0 Å². The third-order valence-corrected chi connectivity index (χ3v) is 7.36. The molecule has 2 aliphatic carbocycles. The van der Waals surface area contributed by atoms with Gasteiger partial charge in [0.15, 0.2) is 0 Å². The molecular weight excluding hydrogens is 356 g/mol. The molecule has 0 aromatic carbocycles. The molecule has 2 aliphatic heterocycles. The molecule has 2 saturated carbocycles. The summed E-state index contributed by atoms with van der Waals surface area (Å²) >= 11 is 0. The highest BCUT2D eigenvalue weighted by Crippen LogP contribution is 2.54. The molecule has 0 spiro atoms. The molecule has 2 heterocycles. The standard InChI is InChI=1S/C22H32N2O4/c1-21(2,3)23-17(25)13-7-11(8-14(13)18(23)26)12-9-15-16(10-12)20(28)24(19(15)27)22(4,5)6/h11-16H,7-10H2,1-6H3. The van der Waals surface area contributed by atoms with Crippen LogP contribution >= 0.6 is 0 Å². The van der Waals surface area contributed by atoms with Gasteiger partial charge in [-0.1, -0.05) is 0 Å². The molecule has 0 radical (unpaired) electrons. The second-order valence-electron chi connectivity index (χ2n) is 11.3. The van der Waals surface area contributed by atoms with Gasteiger partial charge >= 0.3 is 0 Å². The Balaban J connectivity index is 1.46. The van der Waals surface area contributed by atoms with Gasteiger partial charge in [-0.3, -0.25) is 29.0 Å². The van der Waals surface area contributed by atoms with Crippen molar-refractivity contribution in [3.8, 4) is 0 Å². The summed E-state index contributed by atoms with van der Waals surface area (Å²) in [5, 5.41) is 0. The molecule has 4 fully saturated rings. The Bertz CT molecular complexity index is 647. The Morgan fingerprint density at radius 3 is 0.929 bits per heavy atom. The molecule has 4 amide bonds. The normalized spacial score (nSPS) is 38.6. The predicted molar refractivity (Wildman–Crippen MR) is 103 cm³/mol. The molecule has 6 heteroatoms. The fourth-order valence-corrected chi connectivity index (χ4v) is 6.22. The minimum atomic E-state index is -0.479. The average molecular weight is 389 g/mol. The van der Waals surface area contributed by atoms with E-state index in [-0.39, 0.29) is 59.1 Å². The van der Waals surface area contributed by atoms with Crippen LogP contribution in [-0.2, 0) is 19.2 Å². The lowest BCUT2D eigenvalue weighted by Gasteiger charge is -2.32. The lowest BCUT2D eigenvalue weighted by atomic mass is 9.86. The summed E-state index contributed by atoms with van der Waals surface area (Å²) in [4.78, 5) is 54.3. The second-order valence-corrected chi connectivity index (χ2v) is 11.3. The summed E-state index contributed by atoms with van der Waals surface area (Å²) in [6.45, 7) is 11.4. The topological polar surface area (TPSA) is 74.8 Å². The van der Waals surface area contributed by atoms with Crippen LogP contribution in [0.15, 0.2) is 0 Å². The van der Waals surface area contributed by atoms with Gasteiger partial charge in [0.2, 0.25) is 23.6 Å². The van der Waals surface area contributed by atoms with Crippen LogP contribution in [0, 0.1) is 35.5 Å².